The molecular formula is C13H12ClNO3S2. The molecule has 1 fully saturated rings. The molecule has 1 atom stereocenters. The molecule has 0 radical (unpaired) electrons. The van der Waals surface area contributed by atoms with Crippen LogP contribution in [0, 0.1) is 0 Å². The van der Waals surface area contributed by atoms with Crippen LogP contribution in [-0.2, 0) is 9.84 Å². The van der Waals surface area contributed by atoms with Crippen molar-refractivity contribution < 1.29 is 13.2 Å². The first kappa shape index (κ1) is 13.9. The quantitative estimate of drug-likeness (QED) is 0.920. The topological polar surface area (TPSA) is 63.2 Å². The Morgan fingerprint density at radius 1 is 1.40 bits per heavy atom. The van der Waals surface area contributed by atoms with E-state index < -0.39 is 9.84 Å². The summed E-state index contributed by atoms with van der Waals surface area (Å²) in [6, 6.07) is 7.01. The summed E-state index contributed by atoms with van der Waals surface area (Å²) >= 11 is 7.40. The molecule has 1 aromatic carbocycles. The van der Waals surface area contributed by atoms with Crippen LogP contribution in [0.25, 0.3) is 10.1 Å². The van der Waals surface area contributed by atoms with Crippen molar-refractivity contribution in [2.45, 2.75) is 12.5 Å². The average molecular weight is 330 g/mol. The van der Waals surface area contributed by atoms with Gasteiger partial charge in [0.05, 0.1) is 26.1 Å². The highest BCUT2D eigenvalue weighted by atomic mass is 35.5. The van der Waals surface area contributed by atoms with E-state index in [4.69, 9.17) is 11.6 Å². The lowest BCUT2D eigenvalue weighted by Gasteiger charge is -2.08. The molecule has 1 aliphatic heterocycles. The van der Waals surface area contributed by atoms with Crippen molar-refractivity contribution in [1.82, 2.24) is 5.32 Å². The number of sulfone groups is 1. The van der Waals surface area contributed by atoms with E-state index in [1.54, 1.807) is 12.1 Å². The van der Waals surface area contributed by atoms with Crippen LogP contribution in [0.15, 0.2) is 24.3 Å². The van der Waals surface area contributed by atoms with Crippen molar-refractivity contribution >= 4 is 48.8 Å². The molecule has 0 spiro atoms. The summed E-state index contributed by atoms with van der Waals surface area (Å²) in [4.78, 5) is 12.7. The first-order valence-corrected chi connectivity index (χ1v) is 9.15. The number of nitrogens with one attached hydrogen (secondary N) is 1. The van der Waals surface area contributed by atoms with Gasteiger partial charge in [-0.3, -0.25) is 4.79 Å². The highest BCUT2D eigenvalue weighted by Gasteiger charge is 2.29. The monoisotopic (exact) mass is 329 g/mol. The standard InChI is InChI=1S/C13H12ClNO3S2/c14-10-3-1-2-8-6-11(19-12(8)10)13(16)15-9-4-5-20(17,18)7-9/h1-3,6,9H,4-5,7H2,(H,15,16)/t9-/m0/s1. The van der Waals surface area contributed by atoms with Crippen molar-refractivity contribution in [2.24, 2.45) is 0 Å². The number of benzene rings is 1. The molecule has 1 aromatic heterocycles. The second-order valence-corrected chi connectivity index (χ2v) is 8.53. The summed E-state index contributed by atoms with van der Waals surface area (Å²) < 4.78 is 23.6. The Morgan fingerprint density at radius 2 is 2.20 bits per heavy atom. The molecule has 106 valence electrons. The molecule has 0 bridgehead atoms. The van der Waals surface area contributed by atoms with Gasteiger partial charge in [0.25, 0.3) is 5.91 Å². The predicted molar refractivity (Wildman–Crippen MR) is 81.4 cm³/mol. The molecule has 3 rings (SSSR count). The summed E-state index contributed by atoms with van der Waals surface area (Å²) in [6.07, 6.45) is 0.486. The van der Waals surface area contributed by atoms with E-state index in [1.165, 1.54) is 11.3 Å². The van der Waals surface area contributed by atoms with Gasteiger partial charge in [0.2, 0.25) is 0 Å². The first-order chi connectivity index (χ1) is 9.44. The Hall–Kier alpha value is -1.11. The van der Waals surface area contributed by atoms with E-state index in [-0.39, 0.29) is 23.5 Å². The second kappa shape index (κ2) is 5.02. The number of thiophene rings is 1. The third kappa shape index (κ3) is 2.68. The Morgan fingerprint density at radius 3 is 2.85 bits per heavy atom. The van der Waals surface area contributed by atoms with Gasteiger partial charge in [-0.05, 0) is 23.9 Å². The maximum atomic E-state index is 12.2. The van der Waals surface area contributed by atoms with Crippen molar-refractivity contribution in [3.8, 4) is 0 Å². The third-order valence-electron chi connectivity index (χ3n) is 3.29. The zero-order valence-electron chi connectivity index (χ0n) is 10.4. The minimum absolute atomic E-state index is 0.0321. The number of carbonyl (C=O) groups excluding carboxylic acids is 1. The van der Waals surface area contributed by atoms with Crippen molar-refractivity contribution in [1.29, 1.82) is 0 Å². The van der Waals surface area contributed by atoms with Gasteiger partial charge in [0.15, 0.2) is 9.84 Å². The average Bonchev–Trinajstić information content (AvgIpc) is 2.94. The number of amides is 1. The van der Waals surface area contributed by atoms with Gasteiger partial charge in [0.1, 0.15) is 0 Å². The van der Waals surface area contributed by atoms with Gasteiger partial charge >= 0.3 is 0 Å². The van der Waals surface area contributed by atoms with Crippen LogP contribution in [0.3, 0.4) is 0 Å². The van der Waals surface area contributed by atoms with Crippen LogP contribution < -0.4 is 5.32 Å². The summed E-state index contributed by atoms with van der Waals surface area (Å²) in [5.41, 5.74) is 0. The van der Waals surface area contributed by atoms with E-state index in [9.17, 15) is 13.2 Å². The maximum absolute atomic E-state index is 12.2. The van der Waals surface area contributed by atoms with Crippen molar-refractivity contribution in [2.75, 3.05) is 11.5 Å². The molecule has 1 aliphatic rings. The van der Waals surface area contributed by atoms with Gasteiger partial charge in [-0.2, -0.15) is 0 Å². The Balaban J connectivity index is 1.81. The minimum atomic E-state index is -2.99. The van der Waals surface area contributed by atoms with Crippen LogP contribution in [0.4, 0.5) is 0 Å². The highest BCUT2D eigenvalue weighted by Crippen LogP contribution is 2.31. The van der Waals surface area contributed by atoms with E-state index >= 15 is 0 Å². The van der Waals surface area contributed by atoms with Crippen LogP contribution in [0.2, 0.25) is 5.02 Å². The maximum Gasteiger partial charge on any atom is 0.261 e. The second-order valence-electron chi connectivity index (χ2n) is 4.84. The fraction of sp³-hybridized carbons (Fsp3) is 0.308. The summed E-state index contributed by atoms with van der Waals surface area (Å²) in [6.45, 7) is 0. The normalized spacial score (nSPS) is 21.1. The molecule has 0 aliphatic carbocycles. The van der Waals surface area contributed by atoms with Crippen molar-refractivity contribution in [3.05, 3.63) is 34.2 Å². The summed E-state index contributed by atoms with van der Waals surface area (Å²) in [7, 11) is -2.99. The number of hydrogen-bond donors (Lipinski definition) is 1. The molecule has 1 amide bonds. The van der Waals surface area contributed by atoms with E-state index in [0.29, 0.717) is 16.3 Å². The summed E-state index contributed by atoms with van der Waals surface area (Å²) in [5, 5.41) is 4.32. The van der Waals surface area contributed by atoms with Gasteiger partial charge in [0, 0.05) is 6.04 Å². The van der Waals surface area contributed by atoms with E-state index in [1.807, 2.05) is 12.1 Å². The zero-order chi connectivity index (χ0) is 14.3. The predicted octanol–water partition coefficient (Wildman–Crippen LogP) is 2.47. The zero-order valence-corrected chi connectivity index (χ0v) is 12.8. The molecule has 1 saturated heterocycles. The van der Waals surface area contributed by atoms with Crippen molar-refractivity contribution in [3.63, 3.8) is 0 Å². The molecule has 2 aromatic rings. The van der Waals surface area contributed by atoms with Crippen LogP contribution in [0.1, 0.15) is 16.1 Å². The Labute approximate surface area is 125 Å². The highest BCUT2D eigenvalue weighted by molar-refractivity contribution is 7.91. The third-order valence-corrected chi connectivity index (χ3v) is 6.67. The molecule has 0 unspecified atom stereocenters. The van der Waals surface area contributed by atoms with Crippen LogP contribution in [-0.4, -0.2) is 31.9 Å². The Bertz CT molecular complexity index is 782. The molecule has 2 heterocycles. The number of hydrogen-bond acceptors (Lipinski definition) is 4. The lowest BCUT2D eigenvalue weighted by molar-refractivity contribution is 0.0945. The van der Waals surface area contributed by atoms with Crippen LogP contribution in [0.5, 0.6) is 0 Å². The van der Waals surface area contributed by atoms with Gasteiger partial charge < -0.3 is 5.32 Å². The molecule has 4 nitrogen and oxygen atoms in total. The fourth-order valence-electron chi connectivity index (χ4n) is 2.30. The fourth-order valence-corrected chi connectivity index (χ4v) is 5.24. The minimum Gasteiger partial charge on any atom is -0.348 e. The summed E-state index contributed by atoms with van der Waals surface area (Å²) in [5.74, 6) is -0.0509. The first-order valence-electron chi connectivity index (χ1n) is 6.14. The van der Waals surface area contributed by atoms with E-state index in [0.717, 1.165) is 10.1 Å². The van der Waals surface area contributed by atoms with Gasteiger partial charge in [-0.1, -0.05) is 23.7 Å². The molecule has 0 saturated carbocycles. The number of carbonyl (C=O) groups is 1. The lowest BCUT2D eigenvalue weighted by atomic mass is 10.2. The van der Waals surface area contributed by atoms with Gasteiger partial charge in [-0.25, -0.2) is 8.42 Å². The van der Waals surface area contributed by atoms with Gasteiger partial charge in [-0.15, -0.1) is 11.3 Å². The SMILES string of the molecule is O=C(N[C@H]1CCS(=O)(=O)C1)c1cc2cccc(Cl)c2s1. The Kier molecular flexibility index (Phi) is 3.48. The molecule has 20 heavy (non-hydrogen) atoms. The van der Waals surface area contributed by atoms with E-state index in [2.05, 4.69) is 5.32 Å². The number of halogens is 1. The van der Waals surface area contributed by atoms with Crippen LogP contribution >= 0.6 is 22.9 Å². The lowest BCUT2D eigenvalue weighted by Crippen LogP contribution is -2.35. The molecule has 7 heteroatoms. The number of fused-ring (bicyclic) bond motifs is 1. The molecule has 1 N–H and O–H groups in total. The molecular weight excluding hydrogens is 318 g/mol. The number of rotatable bonds is 2. The smallest absolute Gasteiger partial charge is 0.261 e. The largest absolute Gasteiger partial charge is 0.348 e.